The molecule has 3 aromatic carbocycles. The smallest absolute Gasteiger partial charge is 0.268 e. The monoisotopic (exact) mass is 525 g/mol. The molecule has 0 atom stereocenters. The van der Waals surface area contributed by atoms with Crippen molar-refractivity contribution in [2.45, 2.75) is 13.8 Å². The lowest BCUT2D eigenvalue weighted by Crippen LogP contribution is -2.13. The molecule has 0 saturated carbocycles. The maximum atomic E-state index is 12.7. The first-order valence-corrected chi connectivity index (χ1v) is 12.8. The third-order valence-electron chi connectivity index (χ3n) is 5.65. The van der Waals surface area contributed by atoms with Crippen molar-refractivity contribution in [3.63, 3.8) is 0 Å². The van der Waals surface area contributed by atoms with Crippen LogP contribution in [0.3, 0.4) is 0 Å². The van der Waals surface area contributed by atoms with Crippen LogP contribution in [-0.2, 0) is 4.79 Å². The van der Waals surface area contributed by atoms with Crippen molar-refractivity contribution in [2.24, 2.45) is 0 Å². The third-order valence-corrected chi connectivity index (χ3v) is 6.41. The molecule has 0 unspecified atom stereocenters. The van der Waals surface area contributed by atoms with Crippen molar-refractivity contribution < 1.29 is 19.0 Å². The highest BCUT2D eigenvalue weighted by molar-refractivity contribution is 7.14. The van der Waals surface area contributed by atoms with Crippen molar-refractivity contribution in [1.29, 1.82) is 5.26 Å². The lowest BCUT2D eigenvalue weighted by atomic mass is 10.1. The Kier molecular flexibility index (Phi) is 8.75. The fraction of sp³-hybridized carbons (Fsp3) is 0.167. The number of carbonyl (C=O) groups is 1. The molecular weight excluding hydrogens is 498 g/mol. The van der Waals surface area contributed by atoms with Gasteiger partial charge < -0.3 is 14.2 Å². The lowest BCUT2D eigenvalue weighted by molar-refractivity contribution is -0.112. The first kappa shape index (κ1) is 26.5. The highest BCUT2D eigenvalue weighted by Gasteiger charge is 2.14. The van der Waals surface area contributed by atoms with Gasteiger partial charge in [-0.2, -0.15) is 5.26 Å². The van der Waals surface area contributed by atoms with E-state index in [0.717, 1.165) is 28.1 Å². The molecule has 0 aliphatic rings. The summed E-state index contributed by atoms with van der Waals surface area (Å²) in [6, 6.07) is 22.9. The molecule has 1 heterocycles. The molecule has 0 bridgehead atoms. The fourth-order valence-corrected chi connectivity index (χ4v) is 4.48. The van der Waals surface area contributed by atoms with Crippen LogP contribution in [0, 0.1) is 25.2 Å². The SMILES string of the molecule is COc1cc(/C=C(/C#N)C(=O)Nc2nc(-c3ccccc3)cs2)ccc1OCCOc1c(C)cccc1C. The molecule has 0 spiro atoms. The van der Waals surface area contributed by atoms with E-state index >= 15 is 0 Å². The number of aryl methyl sites for hydroxylation is 2. The van der Waals surface area contributed by atoms with Gasteiger partial charge in [-0.15, -0.1) is 11.3 Å². The van der Waals surface area contributed by atoms with Crippen LogP contribution in [0.15, 0.2) is 77.7 Å². The van der Waals surface area contributed by atoms with E-state index in [1.807, 2.05) is 73.8 Å². The van der Waals surface area contributed by atoms with Crippen molar-refractivity contribution >= 4 is 28.5 Å². The lowest BCUT2D eigenvalue weighted by Gasteiger charge is -2.14. The predicted molar refractivity (Wildman–Crippen MR) is 150 cm³/mol. The summed E-state index contributed by atoms with van der Waals surface area (Å²) in [5, 5.41) is 14.6. The minimum absolute atomic E-state index is 0.0563. The van der Waals surface area contributed by atoms with Gasteiger partial charge in [0.05, 0.1) is 12.8 Å². The van der Waals surface area contributed by atoms with Gasteiger partial charge in [0.2, 0.25) is 0 Å². The molecule has 0 radical (unpaired) electrons. The second-order valence-corrected chi connectivity index (χ2v) is 9.21. The average molecular weight is 526 g/mol. The summed E-state index contributed by atoms with van der Waals surface area (Å²) in [6.45, 7) is 4.71. The van der Waals surface area contributed by atoms with Gasteiger partial charge in [0.15, 0.2) is 16.6 Å². The molecule has 0 aliphatic heterocycles. The largest absolute Gasteiger partial charge is 0.493 e. The van der Waals surface area contributed by atoms with Crippen LogP contribution in [0.25, 0.3) is 17.3 Å². The molecule has 1 amide bonds. The van der Waals surface area contributed by atoms with Crippen molar-refractivity contribution in [3.05, 3.63) is 94.4 Å². The Morgan fingerprint density at radius 2 is 1.74 bits per heavy atom. The van der Waals surface area contributed by atoms with E-state index in [9.17, 15) is 10.1 Å². The van der Waals surface area contributed by atoms with Gasteiger partial charge in [-0.25, -0.2) is 4.98 Å². The van der Waals surface area contributed by atoms with Crippen molar-refractivity contribution in [3.8, 4) is 34.6 Å². The quantitative estimate of drug-likeness (QED) is 0.146. The molecule has 4 aromatic rings. The number of nitrogens with zero attached hydrogens (tertiary/aromatic N) is 2. The van der Waals surface area contributed by atoms with Crippen LogP contribution in [-0.4, -0.2) is 31.2 Å². The maximum Gasteiger partial charge on any atom is 0.268 e. The maximum absolute atomic E-state index is 12.7. The normalized spacial score (nSPS) is 10.9. The van der Waals surface area contributed by atoms with Crippen LogP contribution >= 0.6 is 11.3 Å². The van der Waals surface area contributed by atoms with Gasteiger partial charge in [-0.1, -0.05) is 54.6 Å². The van der Waals surface area contributed by atoms with Gasteiger partial charge in [-0.3, -0.25) is 10.1 Å². The first-order valence-electron chi connectivity index (χ1n) is 11.9. The van der Waals surface area contributed by atoms with Gasteiger partial charge >= 0.3 is 0 Å². The number of benzene rings is 3. The average Bonchev–Trinajstić information content (AvgIpc) is 3.40. The number of methoxy groups -OCH3 is 1. The number of aromatic nitrogens is 1. The van der Waals surface area contributed by atoms with Crippen LogP contribution in [0.5, 0.6) is 17.2 Å². The van der Waals surface area contributed by atoms with E-state index in [1.165, 1.54) is 24.5 Å². The summed E-state index contributed by atoms with van der Waals surface area (Å²) in [7, 11) is 1.54. The number of para-hydroxylation sites is 1. The standard InChI is InChI=1S/C30H27N3O4S/c1-20-8-7-9-21(2)28(20)37-15-14-36-26-13-12-22(17-27(26)35-3)16-24(18-31)29(34)33-30-32-25(19-38-30)23-10-5-4-6-11-23/h4-13,16-17,19H,14-15H2,1-3H3,(H,32,33,34)/b24-16-. The summed E-state index contributed by atoms with van der Waals surface area (Å²) in [5.41, 5.74) is 4.42. The number of carbonyl (C=O) groups excluding carboxylic acids is 1. The Morgan fingerprint density at radius 1 is 1.00 bits per heavy atom. The second-order valence-electron chi connectivity index (χ2n) is 8.36. The summed E-state index contributed by atoms with van der Waals surface area (Å²) < 4.78 is 17.2. The van der Waals surface area contributed by atoms with Gasteiger partial charge in [-0.05, 0) is 48.7 Å². The van der Waals surface area contributed by atoms with E-state index in [2.05, 4.69) is 10.3 Å². The molecule has 1 N–H and O–H groups in total. The van der Waals surface area contributed by atoms with Crippen LogP contribution < -0.4 is 19.5 Å². The zero-order valence-corrected chi connectivity index (χ0v) is 22.2. The minimum atomic E-state index is -0.538. The molecule has 7 nitrogen and oxygen atoms in total. The van der Waals surface area contributed by atoms with Crippen LogP contribution in [0.4, 0.5) is 5.13 Å². The van der Waals surface area contributed by atoms with E-state index in [4.69, 9.17) is 14.2 Å². The zero-order chi connectivity index (χ0) is 26.9. The molecule has 38 heavy (non-hydrogen) atoms. The van der Waals surface area contributed by atoms with E-state index < -0.39 is 5.91 Å². The Balaban J connectivity index is 1.39. The molecule has 192 valence electrons. The van der Waals surface area contributed by atoms with Gasteiger partial charge in [0, 0.05) is 10.9 Å². The number of nitriles is 1. The summed E-state index contributed by atoms with van der Waals surface area (Å²) in [6.07, 6.45) is 1.50. The van der Waals surface area contributed by atoms with E-state index in [-0.39, 0.29) is 5.57 Å². The summed E-state index contributed by atoms with van der Waals surface area (Å²) >= 11 is 1.30. The molecule has 4 rings (SSSR count). The Labute approximate surface area is 226 Å². The highest BCUT2D eigenvalue weighted by Crippen LogP contribution is 2.30. The Morgan fingerprint density at radius 3 is 2.45 bits per heavy atom. The Hall–Kier alpha value is -4.61. The number of rotatable bonds is 10. The summed E-state index contributed by atoms with van der Waals surface area (Å²) in [4.78, 5) is 17.2. The van der Waals surface area contributed by atoms with Crippen molar-refractivity contribution in [1.82, 2.24) is 4.98 Å². The molecule has 0 aliphatic carbocycles. The van der Waals surface area contributed by atoms with Gasteiger partial charge in [0.1, 0.15) is 30.6 Å². The number of thiazole rings is 1. The number of anilines is 1. The van der Waals surface area contributed by atoms with E-state index in [1.54, 1.807) is 18.2 Å². The van der Waals surface area contributed by atoms with E-state index in [0.29, 0.717) is 35.4 Å². The fourth-order valence-electron chi connectivity index (χ4n) is 3.77. The zero-order valence-electron chi connectivity index (χ0n) is 21.4. The highest BCUT2D eigenvalue weighted by atomic mass is 32.1. The number of nitrogens with one attached hydrogen (secondary N) is 1. The van der Waals surface area contributed by atoms with Gasteiger partial charge in [0.25, 0.3) is 5.91 Å². The topological polar surface area (TPSA) is 93.5 Å². The molecule has 0 saturated heterocycles. The number of ether oxygens (including phenoxy) is 3. The Bertz CT molecular complexity index is 1470. The predicted octanol–water partition coefficient (Wildman–Crippen LogP) is 6.44. The second kappa shape index (κ2) is 12.6. The molecular formula is C30H27N3O4S. The molecule has 1 aromatic heterocycles. The van der Waals surface area contributed by atoms with Crippen LogP contribution in [0.1, 0.15) is 16.7 Å². The third kappa shape index (κ3) is 6.58. The molecule has 0 fully saturated rings. The number of hydrogen-bond donors (Lipinski definition) is 1. The minimum Gasteiger partial charge on any atom is -0.493 e. The first-order chi connectivity index (χ1) is 18.5. The van der Waals surface area contributed by atoms with Crippen LogP contribution in [0.2, 0.25) is 0 Å². The van der Waals surface area contributed by atoms with Crippen molar-refractivity contribution in [2.75, 3.05) is 25.6 Å². The number of amides is 1. The summed E-state index contributed by atoms with van der Waals surface area (Å²) in [5.74, 6) is 1.34. The molecule has 8 heteroatoms. The number of hydrogen-bond acceptors (Lipinski definition) is 7.